The molecule has 4 atom stereocenters. The van der Waals surface area contributed by atoms with E-state index in [2.05, 4.69) is 27.1 Å². The Bertz CT molecular complexity index is 1970. The molecule has 4 aliphatic rings. The first-order valence-electron chi connectivity index (χ1n) is 19.5. The molecule has 1 unspecified atom stereocenters. The van der Waals surface area contributed by atoms with Crippen LogP contribution < -0.4 is 10.2 Å². The van der Waals surface area contributed by atoms with Gasteiger partial charge in [-0.3, -0.25) is 9.48 Å². The van der Waals surface area contributed by atoms with Gasteiger partial charge in [-0.2, -0.15) is 0 Å². The molecular formula is C40H51F2N7O6S. The number of hydrogen-bond acceptors (Lipinski definition) is 10. The molecule has 302 valence electrons. The average molecular weight is 796 g/mol. The molecule has 1 aliphatic carbocycles. The zero-order valence-electron chi connectivity index (χ0n) is 31.8. The van der Waals surface area contributed by atoms with Gasteiger partial charge in [0, 0.05) is 56.3 Å². The largest absolute Gasteiger partial charge is 0.453 e. The van der Waals surface area contributed by atoms with Crippen molar-refractivity contribution in [1.29, 1.82) is 0 Å². The molecule has 4 fully saturated rings. The van der Waals surface area contributed by atoms with Crippen molar-refractivity contribution >= 4 is 27.5 Å². The second-order valence-corrected chi connectivity index (χ2v) is 17.8. The summed E-state index contributed by atoms with van der Waals surface area (Å²) in [5.41, 5.74) is 0.720. The third-order valence-electron chi connectivity index (χ3n) is 12.5. The van der Waals surface area contributed by atoms with Gasteiger partial charge in [-0.15, -0.1) is 5.10 Å². The number of carbonyl (C=O) groups is 2. The second-order valence-electron chi connectivity index (χ2n) is 15.6. The molecule has 0 radical (unpaired) electrons. The quantitative estimate of drug-likeness (QED) is 0.267. The lowest BCUT2D eigenvalue weighted by molar-refractivity contribution is -0.126. The van der Waals surface area contributed by atoms with Crippen LogP contribution in [0.15, 0.2) is 72.4 Å². The van der Waals surface area contributed by atoms with Crippen molar-refractivity contribution in [2.75, 3.05) is 71.0 Å². The fourth-order valence-corrected chi connectivity index (χ4v) is 11.3. The number of benzene rings is 2. The molecule has 2 aromatic carbocycles. The number of amides is 2. The molecule has 1 N–H and O–H groups in total. The highest BCUT2D eigenvalue weighted by molar-refractivity contribution is 7.92. The predicted octanol–water partition coefficient (Wildman–Crippen LogP) is 4.05. The van der Waals surface area contributed by atoms with E-state index in [1.807, 2.05) is 21.8 Å². The first kappa shape index (κ1) is 39.8. The maximum Gasteiger partial charge on any atom is 0.407 e. The summed E-state index contributed by atoms with van der Waals surface area (Å²) in [4.78, 5) is 30.4. The zero-order chi connectivity index (χ0) is 39.5. The zero-order valence-corrected chi connectivity index (χ0v) is 32.6. The Morgan fingerprint density at radius 2 is 1.88 bits per heavy atom. The Morgan fingerprint density at radius 1 is 1.07 bits per heavy atom. The molecular weight excluding hydrogens is 745 g/mol. The summed E-state index contributed by atoms with van der Waals surface area (Å²) in [5, 5.41) is 10.5. The van der Waals surface area contributed by atoms with Crippen LogP contribution in [0.3, 0.4) is 0 Å². The molecule has 0 bridgehead atoms. The molecule has 3 aromatic rings. The van der Waals surface area contributed by atoms with Crippen LogP contribution in [0.2, 0.25) is 0 Å². The lowest BCUT2D eigenvalue weighted by atomic mass is 9.58. The Kier molecular flexibility index (Phi) is 12.1. The van der Waals surface area contributed by atoms with Crippen LogP contribution in [0.1, 0.15) is 37.7 Å². The monoisotopic (exact) mass is 795 g/mol. The summed E-state index contributed by atoms with van der Waals surface area (Å²) in [6.07, 6.45) is 8.48. The maximum atomic E-state index is 15.6. The SMILES string of the molecule is C=CC(=O)N1CCOC[C@@H](S(=O)(=O)c2ccc(N3CC(CN4CCC(C(Cn5ccnn5)(c5cccc(F)c5)[C@H]5CCC[C@@H]5NC(=O)OC)CC4)C3)c(F)c2)C1. The van der Waals surface area contributed by atoms with Gasteiger partial charge in [-0.25, -0.2) is 22.0 Å². The van der Waals surface area contributed by atoms with Crippen LogP contribution >= 0.6 is 0 Å². The predicted molar refractivity (Wildman–Crippen MR) is 205 cm³/mol. The summed E-state index contributed by atoms with van der Waals surface area (Å²) in [6.45, 7) is 8.11. The smallest absolute Gasteiger partial charge is 0.407 e. The molecule has 1 aromatic heterocycles. The number of sulfone groups is 1. The van der Waals surface area contributed by atoms with Crippen molar-refractivity contribution in [2.45, 2.75) is 60.3 Å². The van der Waals surface area contributed by atoms with E-state index in [9.17, 15) is 18.0 Å². The minimum atomic E-state index is -3.98. The Labute approximate surface area is 326 Å². The summed E-state index contributed by atoms with van der Waals surface area (Å²) < 4.78 is 70.0. The second kappa shape index (κ2) is 17.0. The van der Waals surface area contributed by atoms with E-state index in [0.29, 0.717) is 31.2 Å². The van der Waals surface area contributed by atoms with Gasteiger partial charge < -0.3 is 29.5 Å². The van der Waals surface area contributed by atoms with Crippen molar-refractivity contribution < 1.29 is 36.3 Å². The number of nitrogens with zero attached hydrogens (tertiary/aromatic N) is 6. The summed E-state index contributed by atoms with van der Waals surface area (Å²) in [5.74, 6) is -0.808. The summed E-state index contributed by atoms with van der Waals surface area (Å²) >= 11 is 0. The number of aromatic nitrogens is 3. The number of anilines is 1. The van der Waals surface area contributed by atoms with Gasteiger partial charge in [0.05, 0.1) is 43.6 Å². The van der Waals surface area contributed by atoms with Gasteiger partial charge in [0.2, 0.25) is 5.91 Å². The Hall–Kier alpha value is -4.41. The summed E-state index contributed by atoms with van der Waals surface area (Å²) in [7, 11) is -2.61. The maximum absolute atomic E-state index is 15.6. The molecule has 0 spiro atoms. The number of rotatable bonds is 12. The summed E-state index contributed by atoms with van der Waals surface area (Å²) in [6, 6.07) is 10.8. The van der Waals surface area contributed by atoms with Crippen LogP contribution in [0, 0.1) is 29.4 Å². The minimum Gasteiger partial charge on any atom is -0.453 e. The number of alkyl carbamates (subject to hydrolysis) is 1. The van der Waals surface area contributed by atoms with Crippen LogP contribution in [-0.2, 0) is 36.1 Å². The Morgan fingerprint density at radius 3 is 2.57 bits per heavy atom. The molecule has 16 heteroatoms. The van der Waals surface area contributed by atoms with E-state index >= 15 is 8.78 Å². The topological polar surface area (TPSA) is 139 Å². The molecule has 1 saturated carbocycles. The van der Waals surface area contributed by atoms with E-state index in [1.54, 1.807) is 18.3 Å². The van der Waals surface area contributed by atoms with Crippen LogP contribution in [0.5, 0.6) is 0 Å². The highest BCUT2D eigenvalue weighted by Gasteiger charge is 2.52. The first-order valence-corrected chi connectivity index (χ1v) is 21.0. The van der Waals surface area contributed by atoms with Gasteiger partial charge in [0.1, 0.15) is 16.9 Å². The molecule has 3 aliphatic heterocycles. The average Bonchev–Trinajstić information content (AvgIpc) is 3.81. The fourth-order valence-electron chi connectivity index (χ4n) is 9.70. The van der Waals surface area contributed by atoms with Gasteiger partial charge >= 0.3 is 6.09 Å². The molecule has 2 amide bonds. The number of carbonyl (C=O) groups excluding carboxylic acids is 2. The number of halogens is 2. The molecule has 4 heterocycles. The van der Waals surface area contributed by atoms with Gasteiger partial charge in [-0.1, -0.05) is 30.3 Å². The van der Waals surface area contributed by atoms with Crippen molar-refractivity contribution in [3.8, 4) is 0 Å². The van der Waals surface area contributed by atoms with E-state index in [0.717, 1.165) is 69.4 Å². The lowest BCUT2D eigenvalue weighted by Gasteiger charge is -2.51. The number of hydrogen-bond donors (Lipinski definition) is 1. The van der Waals surface area contributed by atoms with Crippen molar-refractivity contribution in [1.82, 2.24) is 30.1 Å². The first-order chi connectivity index (χ1) is 27.0. The van der Waals surface area contributed by atoms with Gasteiger partial charge in [-0.05, 0) is 92.6 Å². The van der Waals surface area contributed by atoms with Crippen LogP contribution in [0.25, 0.3) is 0 Å². The number of nitrogens with one attached hydrogen (secondary N) is 1. The molecule has 7 rings (SSSR count). The number of ether oxygens (including phenoxy) is 2. The molecule has 13 nitrogen and oxygen atoms in total. The third kappa shape index (κ3) is 8.19. The number of methoxy groups -OCH3 is 1. The molecule has 3 saturated heterocycles. The highest BCUT2D eigenvalue weighted by Crippen LogP contribution is 2.51. The number of piperidine rings is 1. The van der Waals surface area contributed by atoms with Crippen LogP contribution in [-0.4, -0.2) is 123 Å². The number of likely N-dealkylation sites (tertiary alicyclic amines) is 1. The minimum absolute atomic E-state index is 0.0114. The van der Waals surface area contributed by atoms with E-state index in [-0.39, 0.29) is 60.8 Å². The van der Waals surface area contributed by atoms with Gasteiger partial charge in [0.15, 0.2) is 9.84 Å². The van der Waals surface area contributed by atoms with Gasteiger partial charge in [0.25, 0.3) is 0 Å². The highest BCUT2D eigenvalue weighted by atomic mass is 32.2. The van der Waals surface area contributed by atoms with E-state index in [4.69, 9.17) is 9.47 Å². The third-order valence-corrected chi connectivity index (χ3v) is 14.5. The standard InChI is InChI=1S/C40H51F2N7O6S/c1-3-38(50)47-18-19-55-26-33(25-47)56(52,53)32-10-11-37(35(42)21-32)48-23-28(24-48)22-46-15-12-29(13-16-46)40(27-49-17-14-43-45-49,30-6-4-7-31(41)20-30)34-8-5-9-36(34)44-39(51)54-2/h3-4,6-7,10-11,14,17,20-21,28-29,33-34,36H,1,5,8-9,12-13,15-16,18-19,22-27H2,2H3,(H,44,51)/t33-,34-,36-,40?/m0/s1. The van der Waals surface area contributed by atoms with Crippen molar-refractivity contribution in [3.63, 3.8) is 0 Å². The van der Waals surface area contributed by atoms with E-state index < -0.39 is 32.4 Å². The lowest BCUT2D eigenvalue weighted by Crippen LogP contribution is -2.56. The normalized spacial score (nSPS) is 23.9. The van der Waals surface area contributed by atoms with Crippen molar-refractivity contribution in [2.24, 2.45) is 17.8 Å². The van der Waals surface area contributed by atoms with Crippen molar-refractivity contribution in [3.05, 3.63) is 84.7 Å². The Balaban J connectivity index is 1.01. The fraction of sp³-hybridized carbons (Fsp3) is 0.550. The molecule has 56 heavy (non-hydrogen) atoms. The van der Waals surface area contributed by atoms with Crippen LogP contribution in [0.4, 0.5) is 19.3 Å². The van der Waals surface area contributed by atoms with E-state index in [1.165, 1.54) is 30.2 Å².